The van der Waals surface area contributed by atoms with E-state index in [1.54, 1.807) is 6.26 Å². The van der Waals surface area contributed by atoms with Gasteiger partial charge in [-0.3, -0.25) is 29.0 Å². The van der Waals surface area contributed by atoms with E-state index in [1.165, 1.54) is 11.8 Å². The first-order valence-corrected chi connectivity index (χ1v) is 12.2. The molecule has 17 heteroatoms. The van der Waals surface area contributed by atoms with Gasteiger partial charge >= 0.3 is 5.97 Å². The fourth-order valence-electron chi connectivity index (χ4n) is 2.79. The van der Waals surface area contributed by atoms with Crippen molar-refractivity contribution in [1.29, 1.82) is 0 Å². The summed E-state index contributed by atoms with van der Waals surface area (Å²) in [4.78, 5) is 75.6. The van der Waals surface area contributed by atoms with E-state index < -0.39 is 72.5 Å². The lowest BCUT2D eigenvalue weighted by Gasteiger charge is -2.24. The molecule has 0 heterocycles. The second kappa shape index (κ2) is 16.9. The molecule has 16 nitrogen and oxygen atoms in total. The molecule has 0 aliphatic heterocycles. The van der Waals surface area contributed by atoms with Crippen LogP contribution in [0.4, 0.5) is 0 Å². The highest BCUT2D eigenvalue weighted by molar-refractivity contribution is 7.98. The minimum Gasteiger partial charge on any atom is -0.480 e. The van der Waals surface area contributed by atoms with E-state index in [-0.39, 0.29) is 25.3 Å². The smallest absolute Gasteiger partial charge is 0.326 e. The topological polar surface area (TPSA) is 301 Å². The molecule has 36 heavy (non-hydrogen) atoms. The van der Waals surface area contributed by atoms with Crippen molar-refractivity contribution in [3.63, 3.8) is 0 Å². The van der Waals surface area contributed by atoms with Crippen LogP contribution in [0, 0.1) is 0 Å². The van der Waals surface area contributed by atoms with Crippen molar-refractivity contribution >= 4 is 53.2 Å². The number of carboxylic acids is 1. The van der Waals surface area contributed by atoms with Gasteiger partial charge in [0, 0.05) is 6.54 Å². The summed E-state index contributed by atoms with van der Waals surface area (Å²) in [6, 6.07) is -5.37. The molecule has 0 spiro atoms. The molecule has 0 aliphatic carbocycles. The maximum Gasteiger partial charge on any atom is 0.326 e. The molecule has 0 aromatic rings. The second-order valence-corrected chi connectivity index (χ2v) is 8.69. The van der Waals surface area contributed by atoms with Crippen LogP contribution in [-0.2, 0) is 28.8 Å². The summed E-state index contributed by atoms with van der Waals surface area (Å²) in [5, 5.41) is 16.1. The van der Waals surface area contributed by atoms with Gasteiger partial charge in [-0.2, -0.15) is 11.8 Å². The average Bonchev–Trinajstić information content (AvgIpc) is 2.77. The van der Waals surface area contributed by atoms with Gasteiger partial charge in [-0.15, -0.1) is 0 Å². The molecule has 5 amide bonds. The molecule has 0 radical (unpaired) electrons. The average molecular weight is 534 g/mol. The van der Waals surface area contributed by atoms with Crippen LogP contribution in [0.5, 0.6) is 0 Å². The van der Waals surface area contributed by atoms with Crippen LogP contribution in [0.1, 0.15) is 32.1 Å². The first kappa shape index (κ1) is 32.4. The summed E-state index contributed by atoms with van der Waals surface area (Å²) in [6.07, 6.45) is 1.10. The number of thioether (sulfide) groups is 1. The van der Waals surface area contributed by atoms with Crippen LogP contribution in [0.15, 0.2) is 4.99 Å². The van der Waals surface area contributed by atoms with Crippen molar-refractivity contribution in [1.82, 2.24) is 16.0 Å². The summed E-state index contributed by atoms with van der Waals surface area (Å²) < 4.78 is 0. The number of carboxylic acid groups (broad SMARTS) is 1. The minimum atomic E-state index is -1.61. The highest BCUT2D eigenvalue weighted by Crippen LogP contribution is 2.05. The first-order chi connectivity index (χ1) is 16.8. The Balaban J connectivity index is 5.40. The highest BCUT2D eigenvalue weighted by atomic mass is 32.2. The number of nitrogens with zero attached hydrogens (tertiary/aromatic N) is 1. The summed E-state index contributed by atoms with van der Waals surface area (Å²) in [6.45, 7) is 0.230. The monoisotopic (exact) mass is 533 g/mol. The van der Waals surface area contributed by atoms with Gasteiger partial charge in [-0.05, 0) is 31.3 Å². The van der Waals surface area contributed by atoms with E-state index in [2.05, 4.69) is 20.9 Å². The SMILES string of the molecule is CSCCC(NC(=O)C(CC(N)=O)NC(=O)C(N)CCCN=C(N)N)C(=O)NC(CC(N)=O)C(=O)O. The Morgan fingerprint density at radius 3 is 1.81 bits per heavy atom. The molecular formula is C19H35N9O7S. The molecule has 0 saturated carbocycles. The molecule has 0 aliphatic rings. The molecule has 0 saturated heterocycles. The Bertz CT molecular complexity index is 836. The third-order valence-electron chi connectivity index (χ3n) is 4.61. The van der Waals surface area contributed by atoms with E-state index in [4.69, 9.17) is 28.7 Å². The number of hydrogen-bond donors (Lipinski definition) is 9. The third-order valence-corrected chi connectivity index (χ3v) is 5.25. The molecule has 0 aromatic heterocycles. The third kappa shape index (κ3) is 14.0. The lowest BCUT2D eigenvalue weighted by Crippen LogP contribution is -2.58. The zero-order valence-electron chi connectivity index (χ0n) is 19.9. The van der Waals surface area contributed by atoms with Crippen LogP contribution in [0.3, 0.4) is 0 Å². The number of guanidine groups is 1. The summed E-state index contributed by atoms with van der Waals surface area (Å²) in [5.74, 6) is -5.65. The first-order valence-electron chi connectivity index (χ1n) is 10.8. The van der Waals surface area contributed by atoms with Gasteiger partial charge in [-0.1, -0.05) is 0 Å². The Morgan fingerprint density at radius 2 is 1.31 bits per heavy atom. The van der Waals surface area contributed by atoms with E-state index in [0.29, 0.717) is 12.2 Å². The normalized spacial score (nSPS) is 13.8. The number of carbonyl (C=O) groups excluding carboxylic acids is 5. The van der Waals surface area contributed by atoms with Crippen LogP contribution >= 0.6 is 11.8 Å². The van der Waals surface area contributed by atoms with Crippen LogP contribution < -0.4 is 44.6 Å². The molecule has 0 aromatic carbocycles. The van der Waals surface area contributed by atoms with Crippen LogP contribution in [-0.4, -0.2) is 89.3 Å². The fourth-order valence-corrected chi connectivity index (χ4v) is 3.26. The number of nitrogens with two attached hydrogens (primary N) is 5. The van der Waals surface area contributed by atoms with Gasteiger partial charge in [0.05, 0.1) is 18.9 Å². The van der Waals surface area contributed by atoms with E-state index in [0.717, 1.165) is 0 Å². The quantitative estimate of drug-likeness (QED) is 0.0458. The van der Waals surface area contributed by atoms with Crippen LogP contribution in [0.2, 0.25) is 0 Å². The second-order valence-electron chi connectivity index (χ2n) is 7.70. The largest absolute Gasteiger partial charge is 0.480 e. The summed E-state index contributed by atoms with van der Waals surface area (Å²) >= 11 is 1.35. The zero-order chi connectivity index (χ0) is 27.8. The van der Waals surface area contributed by atoms with Crippen molar-refractivity contribution < 1.29 is 33.9 Å². The van der Waals surface area contributed by atoms with Crippen LogP contribution in [0.25, 0.3) is 0 Å². The summed E-state index contributed by atoms with van der Waals surface area (Å²) in [7, 11) is 0. The van der Waals surface area contributed by atoms with Gasteiger partial charge in [0.15, 0.2) is 5.96 Å². The number of rotatable bonds is 18. The Kier molecular flexibility index (Phi) is 15.2. The lowest BCUT2D eigenvalue weighted by molar-refractivity contribution is -0.143. The van der Waals surface area contributed by atoms with Gasteiger partial charge in [0.1, 0.15) is 18.1 Å². The molecule has 14 N–H and O–H groups in total. The van der Waals surface area contributed by atoms with Gasteiger partial charge in [-0.25, -0.2) is 4.79 Å². The number of aliphatic imine (C=N–C) groups is 1. The number of hydrogen-bond acceptors (Lipinski definition) is 9. The van der Waals surface area contributed by atoms with Gasteiger partial charge in [0.2, 0.25) is 29.5 Å². The maximum atomic E-state index is 12.9. The highest BCUT2D eigenvalue weighted by Gasteiger charge is 2.31. The Hall–Kier alpha value is -3.60. The predicted molar refractivity (Wildman–Crippen MR) is 132 cm³/mol. The Morgan fingerprint density at radius 1 is 0.806 bits per heavy atom. The van der Waals surface area contributed by atoms with Gasteiger partial charge < -0.3 is 49.7 Å². The standard InChI is InChI=1S/C19H35N9O7S/c1-36-6-4-10(16(32)28-12(18(34)35)8-14(22)30)26-17(33)11(7-13(21)29)27-15(31)9(20)3-2-5-25-19(23)24/h9-12H,2-8,20H2,1H3,(H2,21,29)(H2,22,30)(H,26,33)(H,27,31)(H,28,32)(H,34,35)(H4,23,24,25). The number of nitrogens with one attached hydrogen (secondary N) is 3. The van der Waals surface area contributed by atoms with Crippen molar-refractivity contribution in [2.24, 2.45) is 33.7 Å². The minimum absolute atomic E-state index is 0.0726. The molecule has 204 valence electrons. The fraction of sp³-hybridized carbons (Fsp3) is 0.632. The summed E-state index contributed by atoms with van der Waals surface area (Å²) in [5.41, 5.74) is 26.5. The van der Waals surface area contributed by atoms with E-state index in [1.807, 2.05) is 0 Å². The van der Waals surface area contributed by atoms with Crippen molar-refractivity contribution in [3.8, 4) is 0 Å². The maximum absolute atomic E-state index is 12.9. The zero-order valence-corrected chi connectivity index (χ0v) is 20.7. The van der Waals surface area contributed by atoms with Gasteiger partial charge in [0.25, 0.3) is 0 Å². The van der Waals surface area contributed by atoms with Crippen molar-refractivity contribution in [2.45, 2.75) is 56.3 Å². The number of primary amides is 2. The molecule has 0 fully saturated rings. The predicted octanol–water partition coefficient (Wildman–Crippen LogP) is -4.59. The van der Waals surface area contributed by atoms with Crippen molar-refractivity contribution in [3.05, 3.63) is 0 Å². The van der Waals surface area contributed by atoms with E-state index in [9.17, 15) is 33.9 Å². The Labute approximate surface area is 211 Å². The molecular weight excluding hydrogens is 498 g/mol. The van der Waals surface area contributed by atoms with E-state index >= 15 is 0 Å². The molecule has 4 unspecified atom stereocenters. The molecule has 4 atom stereocenters. The van der Waals surface area contributed by atoms with Crippen molar-refractivity contribution in [2.75, 3.05) is 18.6 Å². The molecule has 0 bridgehead atoms. The number of carbonyl (C=O) groups is 6. The number of amides is 5. The molecule has 0 rings (SSSR count). The lowest BCUT2D eigenvalue weighted by atomic mass is 10.1. The number of aliphatic carboxylic acids is 1.